The first-order valence-electron chi connectivity index (χ1n) is 12.3. The summed E-state index contributed by atoms with van der Waals surface area (Å²) in [6.45, 7) is 0.462. The van der Waals surface area contributed by atoms with Gasteiger partial charge in [-0.05, 0) is 55.1 Å². The number of rotatable bonds is 7. The number of phenols is 1. The van der Waals surface area contributed by atoms with Crippen LogP contribution in [-0.4, -0.2) is 93.4 Å². The van der Waals surface area contributed by atoms with Crippen LogP contribution < -0.4 is 18.9 Å². The number of likely N-dealkylation sites (N-methyl/N-ethyl adjacent to an activating group) is 2. The van der Waals surface area contributed by atoms with Crippen molar-refractivity contribution in [3.05, 3.63) is 41.0 Å². The topological polar surface area (TPSA) is 127 Å². The van der Waals surface area contributed by atoms with Crippen molar-refractivity contribution < 1.29 is 43.5 Å². The Bertz CT molecular complexity index is 1240. The lowest BCUT2D eigenvalue weighted by Gasteiger charge is -2.45. The van der Waals surface area contributed by atoms with Crippen LogP contribution in [0, 0.1) is 11.8 Å². The predicted molar refractivity (Wildman–Crippen MR) is 134 cm³/mol. The van der Waals surface area contributed by atoms with Gasteiger partial charge in [-0.1, -0.05) is 0 Å². The van der Waals surface area contributed by atoms with Gasteiger partial charge in [-0.25, -0.2) is 4.79 Å². The maximum absolute atomic E-state index is 13.4. The second-order valence-corrected chi connectivity index (χ2v) is 10.1. The molecule has 11 heteroatoms. The quantitative estimate of drug-likeness (QED) is 0.518. The van der Waals surface area contributed by atoms with Crippen molar-refractivity contribution >= 4 is 12.1 Å². The van der Waals surface area contributed by atoms with E-state index in [-0.39, 0.29) is 67.0 Å². The molecule has 2 aromatic carbocycles. The molecular weight excluding hydrogens is 496 g/mol. The number of ether oxygens (including phenoxy) is 5. The normalized spacial score (nSPS) is 23.9. The molecule has 0 spiro atoms. The van der Waals surface area contributed by atoms with Gasteiger partial charge in [0.1, 0.15) is 0 Å². The van der Waals surface area contributed by atoms with E-state index in [4.69, 9.17) is 23.7 Å². The molecule has 1 saturated heterocycles. The molecule has 1 amide bonds. The van der Waals surface area contributed by atoms with Gasteiger partial charge in [0, 0.05) is 37.4 Å². The highest BCUT2D eigenvalue weighted by atomic mass is 16.7. The minimum absolute atomic E-state index is 0.0855. The standard InChI is InChI=1S/C27H32N2O9/c1-28(2)17(10-29(3)27(32)33)23-15-9-19-18(37-12-38-19)8-14(15)22(16-11-36-26(31)24(16)23)13-6-20(34-4)25(30)21(7-13)35-5/h6-9,16-17,22-24,30H,10-12H2,1-5H3,(H,32,33). The number of amides is 1. The average Bonchev–Trinajstić information content (AvgIpc) is 3.51. The van der Waals surface area contributed by atoms with Crippen LogP contribution in [0.3, 0.4) is 0 Å². The molecule has 0 radical (unpaired) electrons. The van der Waals surface area contributed by atoms with Crippen LogP contribution in [-0.2, 0) is 9.53 Å². The van der Waals surface area contributed by atoms with E-state index < -0.39 is 12.0 Å². The number of carbonyl (C=O) groups excluding carboxylic acids is 1. The fourth-order valence-corrected chi connectivity index (χ4v) is 6.15. The molecule has 2 N–H and O–H groups in total. The molecule has 2 aliphatic heterocycles. The Labute approximate surface area is 220 Å². The number of nitrogens with zero attached hydrogens (tertiary/aromatic N) is 2. The molecule has 38 heavy (non-hydrogen) atoms. The van der Waals surface area contributed by atoms with Crippen LogP contribution >= 0.6 is 0 Å². The van der Waals surface area contributed by atoms with Crippen LogP contribution in [0.5, 0.6) is 28.7 Å². The molecule has 2 heterocycles. The minimum Gasteiger partial charge on any atom is -0.502 e. The van der Waals surface area contributed by atoms with Gasteiger partial charge in [0.2, 0.25) is 12.5 Å². The lowest BCUT2D eigenvalue weighted by atomic mass is 9.61. The number of cyclic esters (lactones) is 1. The van der Waals surface area contributed by atoms with Crippen molar-refractivity contribution in [2.45, 2.75) is 17.9 Å². The lowest BCUT2D eigenvalue weighted by molar-refractivity contribution is -0.142. The minimum atomic E-state index is -1.05. The molecule has 2 aromatic rings. The number of fused-ring (bicyclic) bond motifs is 3. The maximum Gasteiger partial charge on any atom is 0.407 e. The van der Waals surface area contributed by atoms with Gasteiger partial charge in [0.15, 0.2) is 23.0 Å². The molecule has 5 atom stereocenters. The summed E-state index contributed by atoms with van der Waals surface area (Å²) in [6, 6.07) is 7.01. The van der Waals surface area contributed by atoms with Gasteiger partial charge in [0.25, 0.3) is 0 Å². The molecule has 1 aliphatic carbocycles. The summed E-state index contributed by atoms with van der Waals surface area (Å²) in [5, 5.41) is 20.2. The first kappa shape index (κ1) is 25.8. The van der Waals surface area contributed by atoms with E-state index in [0.29, 0.717) is 11.5 Å². The second kappa shape index (κ2) is 9.79. The number of hydrogen-bond acceptors (Lipinski definition) is 9. The Hall–Kier alpha value is -3.86. The molecule has 5 unspecified atom stereocenters. The number of esters is 1. The molecule has 204 valence electrons. The highest BCUT2D eigenvalue weighted by molar-refractivity contribution is 5.78. The van der Waals surface area contributed by atoms with E-state index in [9.17, 15) is 19.8 Å². The Balaban J connectivity index is 1.74. The number of carboxylic acid groups (broad SMARTS) is 1. The third-order valence-electron chi connectivity index (χ3n) is 7.97. The molecule has 1 fully saturated rings. The molecule has 11 nitrogen and oxygen atoms in total. The van der Waals surface area contributed by atoms with Gasteiger partial charge >= 0.3 is 12.1 Å². The Morgan fingerprint density at radius 2 is 1.63 bits per heavy atom. The average molecular weight is 529 g/mol. The van der Waals surface area contributed by atoms with Crippen LogP contribution in [0.15, 0.2) is 24.3 Å². The van der Waals surface area contributed by atoms with Gasteiger partial charge in [-0.2, -0.15) is 0 Å². The first-order chi connectivity index (χ1) is 18.2. The summed E-state index contributed by atoms with van der Waals surface area (Å²) in [5.41, 5.74) is 2.56. The number of aromatic hydroxyl groups is 1. The summed E-state index contributed by atoms with van der Waals surface area (Å²) in [5.74, 6) is -0.289. The third-order valence-corrected chi connectivity index (χ3v) is 7.97. The van der Waals surface area contributed by atoms with Crippen molar-refractivity contribution in [2.75, 3.05) is 55.3 Å². The summed E-state index contributed by atoms with van der Waals surface area (Å²) < 4.78 is 28.0. The summed E-state index contributed by atoms with van der Waals surface area (Å²) >= 11 is 0. The van der Waals surface area contributed by atoms with E-state index in [1.807, 2.05) is 31.1 Å². The van der Waals surface area contributed by atoms with Crippen LogP contribution in [0.25, 0.3) is 0 Å². The number of methoxy groups -OCH3 is 2. The summed E-state index contributed by atoms with van der Waals surface area (Å²) in [7, 11) is 8.21. The monoisotopic (exact) mass is 528 g/mol. The Kier molecular flexibility index (Phi) is 6.64. The third kappa shape index (κ3) is 4.10. The number of carbonyl (C=O) groups is 2. The van der Waals surface area contributed by atoms with Crippen molar-refractivity contribution in [3.63, 3.8) is 0 Å². The fraction of sp³-hybridized carbons (Fsp3) is 0.481. The SMILES string of the molecule is COc1cc(C2c3cc4c(cc3C(C(CN(C)C(=O)O)N(C)C)C3C(=O)OCC23)OCO4)cc(OC)c1O. The summed E-state index contributed by atoms with van der Waals surface area (Å²) in [6.07, 6.45) is -1.05. The number of hydrogen-bond donors (Lipinski definition) is 2. The van der Waals surface area contributed by atoms with Gasteiger partial charge < -0.3 is 43.7 Å². The molecule has 3 aliphatic rings. The Morgan fingerprint density at radius 3 is 2.18 bits per heavy atom. The van der Waals surface area contributed by atoms with Crippen LogP contribution in [0.1, 0.15) is 28.5 Å². The van der Waals surface area contributed by atoms with E-state index in [0.717, 1.165) is 16.7 Å². The van der Waals surface area contributed by atoms with Gasteiger partial charge in [-0.3, -0.25) is 4.79 Å². The van der Waals surface area contributed by atoms with E-state index in [1.54, 1.807) is 12.1 Å². The Morgan fingerprint density at radius 1 is 1.03 bits per heavy atom. The maximum atomic E-state index is 13.4. The van der Waals surface area contributed by atoms with Crippen LogP contribution in [0.2, 0.25) is 0 Å². The first-order valence-corrected chi connectivity index (χ1v) is 12.3. The zero-order valence-electron chi connectivity index (χ0n) is 22.0. The van der Waals surface area contributed by atoms with E-state index in [1.165, 1.54) is 26.2 Å². The highest BCUT2D eigenvalue weighted by Gasteiger charge is 2.55. The number of phenolic OH excluding ortho intramolecular Hbond substituents is 1. The number of benzene rings is 2. The lowest BCUT2D eigenvalue weighted by Crippen LogP contribution is -2.50. The van der Waals surface area contributed by atoms with E-state index in [2.05, 4.69) is 0 Å². The predicted octanol–water partition coefficient (Wildman–Crippen LogP) is 2.70. The molecule has 0 saturated carbocycles. The van der Waals surface area contributed by atoms with Crippen molar-refractivity contribution in [1.82, 2.24) is 9.80 Å². The molecule has 0 aromatic heterocycles. The molecule has 0 bridgehead atoms. The summed E-state index contributed by atoms with van der Waals surface area (Å²) in [4.78, 5) is 28.3. The van der Waals surface area contributed by atoms with Crippen LogP contribution in [0.4, 0.5) is 4.79 Å². The van der Waals surface area contributed by atoms with Crippen molar-refractivity contribution in [1.29, 1.82) is 0 Å². The molecule has 5 rings (SSSR count). The fourth-order valence-electron chi connectivity index (χ4n) is 6.15. The largest absolute Gasteiger partial charge is 0.502 e. The van der Waals surface area contributed by atoms with Crippen molar-refractivity contribution in [2.24, 2.45) is 11.8 Å². The molecular formula is C27H32N2O9. The smallest absolute Gasteiger partial charge is 0.407 e. The van der Waals surface area contributed by atoms with Gasteiger partial charge in [-0.15, -0.1) is 0 Å². The zero-order valence-corrected chi connectivity index (χ0v) is 22.0. The second-order valence-electron chi connectivity index (χ2n) is 10.1. The highest BCUT2D eigenvalue weighted by Crippen LogP contribution is 2.57. The van der Waals surface area contributed by atoms with Crippen molar-refractivity contribution in [3.8, 4) is 28.7 Å². The zero-order chi connectivity index (χ0) is 27.3. The van der Waals surface area contributed by atoms with Gasteiger partial charge in [0.05, 0.1) is 26.7 Å². The van der Waals surface area contributed by atoms with E-state index >= 15 is 0 Å².